The van der Waals surface area contributed by atoms with Gasteiger partial charge in [0.15, 0.2) is 18.1 Å². The Morgan fingerprint density at radius 1 is 1.03 bits per heavy atom. The highest BCUT2D eigenvalue weighted by molar-refractivity contribution is 9.10. The van der Waals surface area contributed by atoms with Crippen molar-refractivity contribution < 1.29 is 33.0 Å². The van der Waals surface area contributed by atoms with Gasteiger partial charge in [0.25, 0.3) is 0 Å². The van der Waals surface area contributed by atoms with Crippen molar-refractivity contribution in [1.29, 1.82) is 0 Å². The van der Waals surface area contributed by atoms with Crippen LogP contribution in [-0.2, 0) is 19.1 Å². The number of rotatable bonds is 12. The van der Waals surface area contributed by atoms with Gasteiger partial charge in [-0.15, -0.1) is 0 Å². The number of halogens is 2. The molecule has 0 radical (unpaired) electrons. The van der Waals surface area contributed by atoms with Gasteiger partial charge in [0.2, 0.25) is 11.8 Å². The molecular formula is C23H25BrFN3O6. The molecule has 0 saturated heterocycles. The first kappa shape index (κ1) is 26.8. The Bertz CT molecular complexity index is 1030. The van der Waals surface area contributed by atoms with E-state index in [0.717, 1.165) is 0 Å². The fourth-order valence-electron chi connectivity index (χ4n) is 2.62. The van der Waals surface area contributed by atoms with Crippen LogP contribution in [0.2, 0.25) is 0 Å². The van der Waals surface area contributed by atoms with Gasteiger partial charge in [-0.2, -0.15) is 5.10 Å². The van der Waals surface area contributed by atoms with Gasteiger partial charge in [-0.25, -0.2) is 14.6 Å². The molecule has 0 aliphatic heterocycles. The minimum atomic E-state index is -0.503. The number of ether oxygens (including phenoxy) is 3. The third-order valence-corrected chi connectivity index (χ3v) is 4.67. The van der Waals surface area contributed by atoms with E-state index in [-0.39, 0.29) is 32.0 Å². The second-order valence-electron chi connectivity index (χ2n) is 6.70. The summed E-state index contributed by atoms with van der Waals surface area (Å²) in [6.07, 6.45) is 1.25. The van der Waals surface area contributed by atoms with Crippen LogP contribution in [0.15, 0.2) is 46.0 Å². The van der Waals surface area contributed by atoms with E-state index < -0.39 is 17.7 Å². The van der Waals surface area contributed by atoms with Crippen LogP contribution >= 0.6 is 15.9 Å². The van der Waals surface area contributed by atoms with Crippen LogP contribution in [0, 0.1) is 5.82 Å². The van der Waals surface area contributed by atoms with Crippen molar-refractivity contribution in [3.63, 3.8) is 0 Å². The van der Waals surface area contributed by atoms with E-state index in [4.69, 9.17) is 14.2 Å². The third kappa shape index (κ3) is 9.18. The van der Waals surface area contributed by atoms with Gasteiger partial charge in [0.1, 0.15) is 5.82 Å². The summed E-state index contributed by atoms with van der Waals surface area (Å²) in [6, 6.07) is 8.63. The van der Waals surface area contributed by atoms with Crippen LogP contribution in [0.3, 0.4) is 0 Å². The number of anilines is 1. The standard InChI is InChI=1S/C23H25BrFN3O6/c1-3-32-19-12-15(11-18(24)23(19)34-14-22(31)33-4-2)13-26-28-21(30)10-9-20(29)27-17-7-5-16(25)6-8-17/h5-8,11-13H,3-4,9-10,14H2,1-2H3,(H,27,29)(H,28,30). The summed E-state index contributed by atoms with van der Waals surface area (Å²) in [4.78, 5) is 35.5. The molecule has 0 atom stereocenters. The summed E-state index contributed by atoms with van der Waals surface area (Å²) in [5.74, 6) is -1.03. The summed E-state index contributed by atoms with van der Waals surface area (Å²) in [5, 5.41) is 6.47. The van der Waals surface area contributed by atoms with Crippen molar-refractivity contribution in [2.24, 2.45) is 5.10 Å². The van der Waals surface area contributed by atoms with Crippen molar-refractivity contribution in [3.8, 4) is 11.5 Å². The fourth-order valence-corrected chi connectivity index (χ4v) is 3.19. The molecule has 2 N–H and O–H groups in total. The molecule has 0 saturated carbocycles. The third-order valence-electron chi connectivity index (χ3n) is 4.08. The Hall–Kier alpha value is -3.47. The molecule has 2 aromatic rings. The molecule has 0 bridgehead atoms. The molecule has 0 unspecified atom stereocenters. The minimum Gasteiger partial charge on any atom is -0.490 e. The Balaban J connectivity index is 1.89. The first-order valence-corrected chi connectivity index (χ1v) is 11.2. The fraction of sp³-hybridized carbons (Fsp3) is 0.304. The number of hydrogen-bond acceptors (Lipinski definition) is 7. The number of esters is 1. The molecule has 2 aromatic carbocycles. The van der Waals surface area contributed by atoms with Gasteiger partial charge in [-0.1, -0.05) is 0 Å². The molecule has 9 nitrogen and oxygen atoms in total. The number of hydrazone groups is 1. The molecular weight excluding hydrogens is 513 g/mol. The highest BCUT2D eigenvalue weighted by Gasteiger charge is 2.14. The highest BCUT2D eigenvalue weighted by atomic mass is 79.9. The second kappa shape index (κ2) is 13.9. The summed E-state index contributed by atoms with van der Waals surface area (Å²) >= 11 is 3.38. The van der Waals surface area contributed by atoms with Crippen molar-refractivity contribution in [1.82, 2.24) is 5.43 Å². The molecule has 0 heterocycles. The maximum Gasteiger partial charge on any atom is 0.344 e. The van der Waals surface area contributed by atoms with Crippen LogP contribution in [0.1, 0.15) is 32.3 Å². The zero-order chi connectivity index (χ0) is 24.9. The second-order valence-corrected chi connectivity index (χ2v) is 7.56. The summed E-state index contributed by atoms with van der Waals surface area (Å²) < 4.78 is 29.4. The molecule has 2 rings (SSSR count). The van der Waals surface area contributed by atoms with Crippen LogP contribution in [0.5, 0.6) is 11.5 Å². The molecule has 0 aliphatic carbocycles. The van der Waals surface area contributed by atoms with Gasteiger partial charge in [-0.05, 0) is 71.7 Å². The molecule has 0 fully saturated rings. The van der Waals surface area contributed by atoms with Gasteiger partial charge >= 0.3 is 5.97 Å². The topological polar surface area (TPSA) is 115 Å². The maximum absolute atomic E-state index is 12.9. The predicted octanol–water partition coefficient (Wildman–Crippen LogP) is 3.80. The number of carbonyl (C=O) groups excluding carboxylic acids is 3. The zero-order valence-electron chi connectivity index (χ0n) is 18.7. The van der Waals surface area contributed by atoms with E-state index in [0.29, 0.717) is 33.8 Å². The molecule has 0 aliphatic rings. The Morgan fingerprint density at radius 2 is 1.74 bits per heavy atom. The van der Waals surface area contributed by atoms with E-state index in [1.807, 2.05) is 0 Å². The van der Waals surface area contributed by atoms with E-state index in [9.17, 15) is 18.8 Å². The first-order valence-electron chi connectivity index (χ1n) is 10.4. The maximum atomic E-state index is 12.9. The monoisotopic (exact) mass is 537 g/mol. The van der Waals surface area contributed by atoms with Crippen LogP contribution in [-0.4, -0.2) is 43.8 Å². The molecule has 2 amide bonds. The van der Waals surface area contributed by atoms with Crippen molar-refractivity contribution in [2.75, 3.05) is 25.1 Å². The highest BCUT2D eigenvalue weighted by Crippen LogP contribution is 2.36. The lowest BCUT2D eigenvalue weighted by atomic mass is 10.2. The van der Waals surface area contributed by atoms with E-state index in [1.165, 1.54) is 30.5 Å². The number of carbonyl (C=O) groups is 3. The average Bonchev–Trinajstić information content (AvgIpc) is 2.79. The Kier molecular flexibility index (Phi) is 11.0. The largest absolute Gasteiger partial charge is 0.490 e. The van der Waals surface area contributed by atoms with E-state index in [1.54, 1.807) is 26.0 Å². The summed E-state index contributed by atoms with van der Waals surface area (Å²) in [5.41, 5.74) is 3.38. The molecule has 182 valence electrons. The lowest BCUT2D eigenvalue weighted by Gasteiger charge is -2.14. The van der Waals surface area contributed by atoms with Gasteiger partial charge in [0.05, 0.1) is 23.9 Å². The summed E-state index contributed by atoms with van der Waals surface area (Å²) in [6.45, 7) is 3.84. The molecule has 34 heavy (non-hydrogen) atoms. The number of amides is 2. The van der Waals surface area contributed by atoms with Crippen LogP contribution in [0.4, 0.5) is 10.1 Å². The smallest absolute Gasteiger partial charge is 0.344 e. The summed E-state index contributed by atoms with van der Waals surface area (Å²) in [7, 11) is 0. The van der Waals surface area contributed by atoms with Crippen molar-refractivity contribution in [3.05, 3.63) is 52.3 Å². The quantitative estimate of drug-likeness (QED) is 0.241. The van der Waals surface area contributed by atoms with Crippen molar-refractivity contribution >= 4 is 45.6 Å². The molecule has 11 heteroatoms. The van der Waals surface area contributed by atoms with Crippen LogP contribution in [0.25, 0.3) is 0 Å². The normalized spacial score (nSPS) is 10.6. The van der Waals surface area contributed by atoms with E-state index in [2.05, 4.69) is 31.8 Å². The lowest BCUT2D eigenvalue weighted by Crippen LogP contribution is -2.20. The van der Waals surface area contributed by atoms with Gasteiger partial charge in [-0.3, -0.25) is 9.59 Å². The lowest BCUT2D eigenvalue weighted by molar-refractivity contribution is -0.145. The Morgan fingerprint density at radius 3 is 2.41 bits per heavy atom. The van der Waals surface area contributed by atoms with E-state index >= 15 is 0 Å². The van der Waals surface area contributed by atoms with Gasteiger partial charge < -0.3 is 19.5 Å². The van der Waals surface area contributed by atoms with Crippen LogP contribution < -0.4 is 20.2 Å². The SMILES string of the molecule is CCOC(=O)COc1c(Br)cc(C=NNC(=O)CCC(=O)Nc2ccc(F)cc2)cc1OCC. The molecule has 0 spiro atoms. The number of benzene rings is 2. The Labute approximate surface area is 204 Å². The molecule has 0 aromatic heterocycles. The number of hydrogen-bond donors (Lipinski definition) is 2. The average molecular weight is 538 g/mol. The van der Waals surface area contributed by atoms with Gasteiger partial charge in [0, 0.05) is 18.5 Å². The number of nitrogens with one attached hydrogen (secondary N) is 2. The number of nitrogens with zero attached hydrogens (tertiary/aromatic N) is 1. The predicted molar refractivity (Wildman–Crippen MR) is 127 cm³/mol. The first-order chi connectivity index (χ1) is 16.3. The minimum absolute atomic E-state index is 0.0642. The zero-order valence-corrected chi connectivity index (χ0v) is 20.3. The van der Waals surface area contributed by atoms with Crippen molar-refractivity contribution in [2.45, 2.75) is 26.7 Å².